The highest BCUT2D eigenvalue weighted by molar-refractivity contribution is 6.30. The van der Waals surface area contributed by atoms with Crippen molar-refractivity contribution in [3.63, 3.8) is 0 Å². The molecule has 0 aliphatic rings. The molecule has 0 unspecified atom stereocenters. The maximum Gasteiger partial charge on any atom is 0.254 e. The fraction of sp³-hybridized carbons (Fsp3) is 0.133. The normalized spacial score (nSPS) is 10.5. The third-order valence-electron chi connectivity index (χ3n) is 2.91. The fourth-order valence-corrected chi connectivity index (χ4v) is 1.89. The van der Waals surface area contributed by atoms with E-state index in [1.54, 1.807) is 24.3 Å². The van der Waals surface area contributed by atoms with Crippen LogP contribution >= 0.6 is 11.6 Å². The van der Waals surface area contributed by atoms with Gasteiger partial charge in [-0.3, -0.25) is 4.79 Å². The van der Waals surface area contributed by atoms with Crippen LogP contribution < -0.4 is 5.32 Å². The van der Waals surface area contributed by atoms with Gasteiger partial charge in [-0.05, 0) is 23.3 Å². The summed E-state index contributed by atoms with van der Waals surface area (Å²) in [5.41, 5.74) is 1.12. The summed E-state index contributed by atoms with van der Waals surface area (Å²) >= 11 is 5.42. The van der Waals surface area contributed by atoms with E-state index < -0.39 is 23.1 Å². The van der Waals surface area contributed by atoms with Crippen molar-refractivity contribution in [1.82, 2.24) is 5.32 Å². The molecule has 0 radical (unpaired) electrons. The lowest BCUT2D eigenvalue weighted by molar-refractivity contribution is 0.0946. The van der Waals surface area contributed by atoms with Crippen LogP contribution in [0.2, 0.25) is 5.02 Å². The highest BCUT2D eigenvalue weighted by Gasteiger charge is 2.15. The summed E-state index contributed by atoms with van der Waals surface area (Å²) in [6.45, 7) is 0.0934. The number of benzene rings is 2. The van der Waals surface area contributed by atoms with Gasteiger partial charge in [0.1, 0.15) is 11.6 Å². The molecule has 0 aliphatic carbocycles. The van der Waals surface area contributed by atoms with E-state index in [4.69, 9.17) is 16.7 Å². The van der Waals surface area contributed by atoms with Crippen LogP contribution in [0.3, 0.4) is 0 Å². The molecule has 0 aliphatic heterocycles. The molecule has 2 aromatic rings. The molecule has 1 amide bonds. The van der Waals surface area contributed by atoms with Crippen LogP contribution in [0.25, 0.3) is 0 Å². The molecule has 0 aromatic heterocycles. The van der Waals surface area contributed by atoms with Crippen LogP contribution in [0.5, 0.6) is 0 Å². The molecule has 0 spiro atoms. The monoisotopic (exact) mass is 311 g/mol. The number of hydrogen-bond donors (Lipinski definition) is 2. The molecule has 0 fully saturated rings. The number of carbonyl (C=O) groups excluding carboxylic acids is 1. The van der Waals surface area contributed by atoms with E-state index in [0.717, 1.165) is 23.3 Å². The maximum atomic E-state index is 13.6. The SMILES string of the molecule is O=C(NCc1ccc(CO)cc1)c1cc(F)c(Cl)cc1F. The average molecular weight is 312 g/mol. The molecular formula is C15H12ClF2NO2. The number of halogens is 3. The standard InChI is InChI=1S/C15H12ClF2NO2/c16-12-6-13(17)11(5-14(12)18)15(21)19-7-9-1-3-10(8-20)4-2-9/h1-6,20H,7-8H2,(H,19,21). The Labute approximate surface area is 125 Å². The van der Waals surface area contributed by atoms with Gasteiger partial charge in [0.2, 0.25) is 0 Å². The highest BCUT2D eigenvalue weighted by atomic mass is 35.5. The first kappa shape index (κ1) is 15.4. The smallest absolute Gasteiger partial charge is 0.254 e. The zero-order valence-corrected chi connectivity index (χ0v) is 11.6. The Morgan fingerprint density at radius 3 is 2.33 bits per heavy atom. The predicted molar refractivity (Wildman–Crippen MR) is 74.9 cm³/mol. The van der Waals surface area contributed by atoms with E-state index in [1.807, 2.05) is 0 Å². The van der Waals surface area contributed by atoms with Gasteiger partial charge in [0.15, 0.2) is 0 Å². The average Bonchev–Trinajstić information content (AvgIpc) is 2.49. The fourth-order valence-electron chi connectivity index (χ4n) is 1.74. The quantitative estimate of drug-likeness (QED) is 0.853. The second-order valence-electron chi connectivity index (χ2n) is 4.40. The van der Waals surface area contributed by atoms with Crippen molar-refractivity contribution in [2.75, 3.05) is 0 Å². The number of aliphatic hydroxyl groups is 1. The molecule has 0 bridgehead atoms. The van der Waals surface area contributed by atoms with Crippen LogP contribution in [0, 0.1) is 11.6 Å². The van der Waals surface area contributed by atoms with Crippen LogP contribution in [-0.2, 0) is 13.2 Å². The van der Waals surface area contributed by atoms with Gasteiger partial charge >= 0.3 is 0 Å². The first-order valence-corrected chi connectivity index (χ1v) is 6.50. The summed E-state index contributed by atoms with van der Waals surface area (Å²) in [5, 5.41) is 11.0. The van der Waals surface area contributed by atoms with E-state index in [2.05, 4.69) is 5.32 Å². The van der Waals surface area contributed by atoms with Crippen LogP contribution in [-0.4, -0.2) is 11.0 Å². The van der Waals surface area contributed by atoms with E-state index in [0.29, 0.717) is 0 Å². The summed E-state index contributed by atoms with van der Waals surface area (Å²) in [6, 6.07) is 8.41. The van der Waals surface area contributed by atoms with Gasteiger partial charge in [0, 0.05) is 6.54 Å². The van der Waals surface area contributed by atoms with Crippen molar-refractivity contribution in [1.29, 1.82) is 0 Å². The topological polar surface area (TPSA) is 49.3 Å². The third kappa shape index (κ3) is 3.77. The second kappa shape index (κ2) is 6.65. The van der Waals surface area contributed by atoms with Crippen molar-refractivity contribution < 1.29 is 18.7 Å². The molecular weight excluding hydrogens is 300 g/mol. The van der Waals surface area contributed by atoms with Gasteiger partial charge in [-0.15, -0.1) is 0 Å². The van der Waals surface area contributed by atoms with Crippen molar-refractivity contribution in [2.45, 2.75) is 13.2 Å². The summed E-state index contributed by atoms with van der Waals surface area (Å²) in [7, 11) is 0. The Morgan fingerprint density at radius 2 is 1.71 bits per heavy atom. The molecule has 2 rings (SSSR count). The van der Waals surface area contributed by atoms with Crippen LogP contribution in [0.1, 0.15) is 21.5 Å². The Bertz CT molecular complexity index is 659. The number of aliphatic hydroxyl groups excluding tert-OH is 1. The number of rotatable bonds is 4. The minimum Gasteiger partial charge on any atom is -0.392 e. The maximum absolute atomic E-state index is 13.6. The Morgan fingerprint density at radius 1 is 1.10 bits per heavy atom. The Hall–Kier alpha value is -1.98. The minimum absolute atomic E-state index is 0.0676. The molecule has 0 heterocycles. The van der Waals surface area contributed by atoms with Gasteiger partial charge in [-0.1, -0.05) is 35.9 Å². The first-order valence-electron chi connectivity index (χ1n) is 6.12. The molecule has 110 valence electrons. The minimum atomic E-state index is -0.880. The van der Waals surface area contributed by atoms with E-state index in [9.17, 15) is 13.6 Å². The molecule has 0 saturated heterocycles. The molecule has 2 N–H and O–H groups in total. The Kier molecular flexibility index (Phi) is 4.88. The zero-order valence-electron chi connectivity index (χ0n) is 10.9. The van der Waals surface area contributed by atoms with Crippen molar-refractivity contribution in [2.24, 2.45) is 0 Å². The van der Waals surface area contributed by atoms with Crippen molar-refractivity contribution in [3.8, 4) is 0 Å². The molecule has 0 saturated carbocycles. The molecule has 0 atom stereocenters. The number of nitrogens with one attached hydrogen (secondary N) is 1. The summed E-state index contributed by atoms with van der Waals surface area (Å²) in [5.74, 6) is -2.46. The van der Waals surface area contributed by atoms with Gasteiger partial charge < -0.3 is 10.4 Å². The molecule has 6 heteroatoms. The lowest BCUT2D eigenvalue weighted by Gasteiger charge is -2.07. The van der Waals surface area contributed by atoms with E-state index in [1.165, 1.54) is 0 Å². The van der Waals surface area contributed by atoms with Gasteiger partial charge in [-0.2, -0.15) is 0 Å². The van der Waals surface area contributed by atoms with Crippen molar-refractivity contribution >= 4 is 17.5 Å². The number of carbonyl (C=O) groups is 1. The van der Waals surface area contributed by atoms with Crippen LogP contribution in [0.4, 0.5) is 8.78 Å². The first-order chi connectivity index (χ1) is 10.0. The number of amides is 1. The van der Waals surface area contributed by atoms with Gasteiger partial charge in [-0.25, -0.2) is 8.78 Å². The molecule has 3 nitrogen and oxygen atoms in total. The molecule has 2 aromatic carbocycles. The van der Waals surface area contributed by atoms with Gasteiger partial charge in [0.25, 0.3) is 5.91 Å². The third-order valence-corrected chi connectivity index (χ3v) is 3.20. The van der Waals surface area contributed by atoms with E-state index >= 15 is 0 Å². The van der Waals surface area contributed by atoms with Crippen molar-refractivity contribution in [3.05, 3.63) is 69.7 Å². The lowest BCUT2D eigenvalue weighted by atomic mass is 10.1. The summed E-state index contributed by atoms with van der Waals surface area (Å²) < 4.78 is 26.8. The molecule has 21 heavy (non-hydrogen) atoms. The highest BCUT2D eigenvalue weighted by Crippen LogP contribution is 2.19. The Balaban J connectivity index is 2.06. The largest absolute Gasteiger partial charge is 0.392 e. The van der Waals surface area contributed by atoms with Gasteiger partial charge in [0.05, 0.1) is 17.2 Å². The summed E-state index contributed by atoms with van der Waals surface area (Å²) in [6.07, 6.45) is 0. The second-order valence-corrected chi connectivity index (χ2v) is 4.81. The zero-order chi connectivity index (χ0) is 15.4. The predicted octanol–water partition coefficient (Wildman–Crippen LogP) is 3.04. The summed E-state index contributed by atoms with van der Waals surface area (Å²) in [4.78, 5) is 11.8. The lowest BCUT2D eigenvalue weighted by Crippen LogP contribution is -2.24. The number of hydrogen-bond acceptors (Lipinski definition) is 2. The van der Waals surface area contributed by atoms with Crippen LogP contribution in [0.15, 0.2) is 36.4 Å². The van der Waals surface area contributed by atoms with E-state index in [-0.39, 0.29) is 18.2 Å².